The fourth-order valence-corrected chi connectivity index (χ4v) is 1.43. The number of aliphatic hydroxyl groups excluding tert-OH is 2. The third-order valence-electron chi connectivity index (χ3n) is 2.53. The van der Waals surface area contributed by atoms with E-state index in [4.69, 9.17) is 4.74 Å². The smallest absolute Gasteiger partial charge is 0.0820 e. The summed E-state index contributed by atoms with van der Waals surface area (Å²) in [5.74, 6) is 0. The Morgan fingerprint density at radius 1 is 1.12 bits per heavy atom. The summed E-state index contributed by atoms with van der Waals surface area (Å²) in [7, 11) is 0. The topological polar surface area (TPSA) is 49.7 Å². The van der Waals surface area contributed by atoms with E-state index in [0.717, 1.165) is 5.56 Å². The van der Waals surface area contributed by atoms with E-state index in [1.165, 1.54) is 0 Å². The molecule has 0 saturated carbocycles. The first-order valence-electron chi connectivity index (χ1n) is 5.71. The third-order valence-corrected chi connectivity index (χ3v) is 2.53. The van der Waals surface area contributed by atoms with Crippen molar-refractivity contribution in [2.45, 2.75) is 38.6 Å². The maximum absolute atomic E-state index is 9.48. The predicted octanol–water partition coefficient (Wildman–Crippen LogP) is 1.73. The van der Waals surface area contributed by atoms with Gasteiger partial charge >= 0.3 is 0 Å². The van der Waals surface area contributed by atoms with E-state index in [9.17, 15) is 10.2 Å². The molecule has 0 heterocycles. The van der Waals surface area contributed by atoms with Crippen molar-refractivity contribution in [2.24, 2.45) is 0 Å². The van der Waals surface area contributed by atoms with Gasteiger partial charge in [0.1, 0.15) is 0 Å². The van der Waals surface area contributed by atoms with Crippen LogP contribution < -0.4 is 0 Å². The van der Waals surface area contributed by atoms with Crippen LogP contribution in [0.15, 0.2) is 30.3 Å². The van der Waals surface area contributed by atoms with Gasteiger partial charge in [-0.05, 0) is 18.4 Å². The van der Waals surface area contributed by atoms with Crippen LogP contribution in [0.2, 0.25) is 0 Å². The lowest BCUT2D eigenvalue weighted by Crippen LogP contribution is -2.26. The third kappa shape index (κ3) is 4.75. The van der Waals surface area contributed by atoms with Crippen LogP contribution in [-0.2, 0) is 11.3 Å². The van der Waals surface area contributed by atoms with Crippen LogP contribution in [0.5, 0.6) is 0 Å². The van der Waals surface area contributed by atoms with Gasteiger partial charge in [-0.3, -0.25) is 0 Å². The first-order valence-corrected chi connectivity index (χ1v) is 5.71. The van der Waals surface area contributed by atoms with Crippen LogP contribution in [-0.4, -0.2) is 29.0 Å². The highest BCUT2D eigenvalue weighted by Gasteiger charge is 2.13. The maximum atomic E-state index is 9.48. The number of aliphatic hydroxyl groups is 2. The summed E-state index contributed by atoms with van der Waals surface area (Å²) in [6, 6.07) is 9.89. The molecule has 0 bridgehead atoms. The summed E-state index contributed by atoms with van der Waals surface area (Å²) in [6.45, 7) is 2.86. The quantitative estimate of drug-likeness (QED) is 0.693. The Bertz CT molecular complexity index is 274. The Morgan fingerprint density at radius 3 is 2.44 bits per heavy atom. The van der Waals surface area contributed by atoms with Crippen LogP contribution in [0.4, 0.5) is 0 Å². The summed E-state index contributed by atoms with van der Waals surface area (Å²) in [5.41, 5.74) is 1.12. The molecule has 0 fully saturated rings. The van der Waals surface area contributed by atoms with Crippen LogP contribution in [0.25, 0.3) is 0 Å². The summed E-state index contributed by atoms with van der Waals surface area (Å²) in [6.07, 6.45) is -0.275. The van der Waals surface area contributed by atoms with Gasteiger partial charge in [-0.2, -0.15) is 0 Å². The summed E-state index contributed by atoms with van der Waals surface area (Å²) in [5, 5.41) is 18.8. The van der Waals surface area contributed by atoms with Crippen LogP contribution in [0.3, 0.4) is 0 Å². The van der Waals surface area contributed by atoms with Gasteiger partial charge in [0.05, 0.1) is 18.8 Å². The van der Waals surface area contributed by atoms with Gasteiger partial charge in [-0.15, -0.1) is 0 Å². The molecule has 1 aromatic carbocycles. The van der Waals surface area contributed by atoms with E-state index in [2.05, 4.69) is 0 Å². The van der Waals surface area contributed by atoms with Crippen molar-refractivity contribution in [2.75, 3.05) is 6.61 Å². The van der Waals surface area contributed by atoms with E-state index >= 15 is 0 Å². The zero-order chi connectivity index (χ0) is 11.8. The lowest BCUT2D eigenvalue weighted by molar-refractivity contribution is -0.00799. The van der Waals surface area contributed by atoms with E-state index in [1.807, 2.05) is 37.3 Å². The number of ether oxygens (including phenoxy) is 1. The second-order valence-corrected chi connectivity index (χ2v) is 3.87. The van der Waals surface area contributed by atoms with Gasteiger partial charge in [0, 0.05) is 6.61 Å². The zero-order valence-electron chi connectivity index (χ0n) is 9.67. The van der Waals surface area contributed by atoms with Crippen LogP contribution in [0.1, 0.15) is 25.3 Å². The first kappa shape index (κ1) is 13.2. The molecule has 0 aliphatic heterocycles. The lowest BCUT2D eigenvalue weighted by atomic mass is 10.1. The van der Waals surface area contributed by atoms with Gasteiger partial charge in [0.2, 0.25) is 0 Å². The maximum Gasteiger partial charge on any atom is 0.0820 e. The number of benzene rings is 1. The molecular formula is C13H20O3. The fourth-order valence-electron chi connectivity index (χ4n) is 1.43. The van der Waals surface area contributed by atoms with E-state index in [-0.39, 0.29) is 0 Å². The van der Waals surface area contributed by atoms with Gasteiger partial charge in [0.15, 0.2) is 0 Å². The molecule has 3 heteroatoms. The molecule has 0 radical (unpaired) electrons. The highest BCUT2D eigenvalue weighted by molar-refractivity contribution is 5.13. The minimum absolute atomic E-state index is 0.465. The highest BCUT2D eigenvalue weighted by Crippen LogP contribution is 2.05. The largest absolute Gasteiger partial charge is 0.390 e. The minimum atomic E-state index is -0.680. The highest BCUT2D eigenvalue weighted by atomic mass is 16.5. The van der Waals surface area contributed by atoms with Gasteiger partial charge in [-0.1, -0.05) is 37.3 Å². The molecule has 1 aromatic rings. The molecule has 1 rings (SSSR count). The molecule has 16 heavy (non-hydrogen) atoms. The molecule has 0 aromatic heterocycles. The monoisotopic (exact) mass is 224 g/mol. The van der Waals surface area contributed by atoms with Crippen molar-refractivity contribution >= 4 is 0 Å². The zero-order valence-corrected chi connectivity index (χ0v) is 9.67. The summed E-state index contributed by atoms with van der Waals surface area (Å²) in [4.78, 5) is 0. The standard InChI is InChI=1S/C13H20O3/c1-2-12(14)13(15)8-9-16-10-11-6-4-3-5-7-11/h3-7,12-15H,2,8-10H2,1H3/t12-,13-/m1/s1. The van der Waals surface area contributed by atoms with Crippen molar-refractivity contribution in [3.8, 4) is 0 Å². The average Bonchev–Trinajstić information content (AvgIpc) is 2.34. The van der Waals surface area contributed by atoms with Crippen molar-refractivity contribution < 1.29 is 14.9 Å². The van der Waals surface area contributed by atoms with E-state index in [1.54, 1.807) is 0 Å². The SMILES string of the molecule is CC[C@@H](O)[C@H](O)CCOCc1ccccc1. The molecule has 2 atom stereocenters. The second kappa shape index (κ2) is 7.39. The first-order chi connectivity index (χ1) is 7.74. The van der Waals surface area contributed by atoms with Crippen LogP contribution >= 0.6 is 0 Å². The molecule has 0 amide bonds. The van der Waals surface area contributed by atoms with Crippen LogP contribution in [0, 0.1) is 0 Å². The molecule has 3 nitrogen and oxygen atoms in total. The molecule has 90 valence electrons. The van der Waals surface area contributed by atoms with Gasteiger partial charge < -0.3 is 14.9 Å². The predicted molar refractivity (Wildman–Crippen MR) is 63.0 cm³/mol. The Balaban J connectivity index is 2.13. The minimum Gasteiger partial charge on any atom is -0.390 e. The van der Waals surface area contributed by atoms with Crippen molar-refractivity contribution in [1.82, 2.24) is 0 Å². The fraction of sp³-hybridized carbons (Fsp3) is 0.538. The summed E-state index contributed by atoms with van der Waals surface area (Å²) >= 11 is 0. The Morgan fingerprint density at radius 2 is 1.81 bits per heavy atom. The Hall–Kier alpha value is -0.900. The lowest BCUT2D eigenvalue weighted by Gasteiger charge is -2.15. The molecule has 0 saturated heterocycles. The second-order valence-electron chi connectivity index (χ2n) is 3.87. The molecular weight excluding hydrogens is 204 g/mol. The van der Waals surface area contributed by atoms with Crippen molar-refractivity contribution in [3.05, 3.63) is 35.9 Å². The van der Waals surface area contributed by atoms with Gasteiger partial charge in [0.25, 0.3) is 0 Å². The van der Waals surface area contributed by atoms with Crippen molar-refractivity contribution in [3.63, 3.8) is 0 Å². The van der Waals surface area contributed by atoms with E-state index < -0.39 is 12.2 Å². The molecule has 2 N–H and O–H groups in total. The number of hydrogen-bond donors (Lipinski definition) is 2. The molecule has 0 aliphatic rings. The van der Waals surface area contributed by atoms with Crippen molar-refractivity contribution in [1.29, 1.82) is 0 Å². The Labute approximate surface area is 96.7 Å². The molecule has 0 unspecified atom stereocenters. The van der Waals surface area contributed by atoms with Gasteiger partial charge in [-0.25, -0.2) is 0 Å². The average molecular weight is 224 g/mol. The normalized spacial score (nSPS) is 14.7. The van der Waals surface area contributed by atoms with E-state index in [0.29, 0.717) is 26.1 Å². The summed E-state index contributed by atoms with van der Waals surface area (Å²) < 4.78 is 5.41. The molecule has 0 aliphatic carbocycles. The number of hydrogen-bond acceptors (Lipinski definition) is 3. The molecule has 0 spiro atoms. The Kier molecular flexibility index (Phi) is 6.08. The number of rotatable bonds is 7.